The number of hydrogen-bond donors (Lipinski definition) is 6. The number of nitrogens with zero attached hydrogens (tertiary/aromatic N) is 3. The topological polar surface area (TPSA) is 173 Å². The fraction of sp³-hybridized carbons (Fsp3) is 0.387. The van der Waals surface area contributed by atoms with Crippen molar-refractivity contribution in [3.8, 4) is 16.9 Å². The zero-order valence-electron chi connectivity index (χ0n) is 24.5. The molecule has 4 aromatic rings. The molecule has 0 unspecified atom stereocenters. The molecule has 10 nitrogen and oxygen atoms in total. The van der Waals surface area contributed by atoms with Crippen LogP contribution >= 0.6 is 11.6 Å². The second-order valence-corrected chi connectivity index (χ2v) is 11.4. The van der Waals surface area contributed by atoms with E-state index in [2.05, 4.69) is 20.3 Å². The van der Waals surface area contributed by atoms with Crippen LogP contribution in [0.4, 0.5) is 4.39 Å². The zero-order valence-corrected chi connectivity index (χ0v) is 25.2. The van der Waals surface area contributed by atoms with Crippen LogP contribution in [0.25, 0.3) is 28.0 Å². The van der Waals surface area contributed by atoms with E-state index in [4.69, 9.17) is 28.8 Å². The lowest BCUT2D eigenvalue weighted by molar-refractivity contribution is 0.272. The van der Waals surface area contributed by atoms with Gasteiger partial charge in [0.25, 0.3) is 0 Å². The maximum atomic E-state index is 15.1. The quantitative estimate of drug-likeness (QED) is 0.0927. The molecular formula is C31H40ClFN8O2. The van der Waals surface area contributed by atoms with Crippen molar-refractivity contribution in [2.45, 2.75) is 64.1 Å². The number of guanidine groups is 1. The molecule has 9 N–H and O–H groups in total. The SMILES string of the molecule is C[C@H](N)CCCc1cc(Cl)c(F)c(-c2cc3cn(-c4ccc([C@H](C)NCC[C@H](CCO)N=C(N)N)cc4)c(=O)nc3[nH]2)c1. The molecule has 0 aliphatic carbocycles. The first kappa shape index (κ1) is 32.2. The summed E-state index contributed by atoms with van der Waals surface area (Å²) in [6.45, 7) is 4.66. The molecule has 0 aliphatic rings. The van der Waals surface area contributed by atoms with Crippen LogP contribution in [0, 0.1) is 5.82 Å². The number of aromatic nitrogens is 3. The Kier molecular flexibility index (Phi) is 10.9. The molecule has 2 heterocycles. The Hall–Kier alpha value is -3.77. The van der Waals surface area contributed by atoms with Gasteiger partial charge in [0.1, 0.15) is 5.65 Å². The third-order valence-corrected chi connectivity index (χ3v) is 7.68. The number of nitrogens with one attached hydrogen (secondary N) is 2. The number of aliphatic hydroxyl groups is 1. The molecule has 2 aromatic carbocycles. The molecule has 12 heteroatoms. The predicted octanol–water partition coefficient (Wildman–Crippen LogP) is 3.91. The van der Waals surface area contributed by atoms with Gasteiger partial charge in [-0.25, -0.2) is 9.18 Å². The smallest absolute Gasteiger partial charge is 0.354 e. The summed E-state index contributed by atoms with van der Waals surface area (Å²) in [6, 6.07) is 12.8. The Morgan fingerprint density at radius 3 is 2.58 bits per heavy atom. The first-order valence-electron chi connectivity index (χ1n) is 14.4. The van der Waals surface area contributed by atoms with Gasteiger partial charge < -0.3 is 32.6 Å². The van der Waals surface area contributed by atoms with Gasteiger partial charge in [-0.3, -0.25) is 9.56 Å². The Morgan fingerprint density at radius 1 is 1.16 bits per heavy atom. The van der Waals surface area contributed by atoms with E-state index in [1.54, 1.807) is 24.4 Å². The van der Waals surface area contributed by atoms with E-state index in [1.165, 1.54) is 4.57 Å². The third kappa shape index (κ3) is 8.41. The number of aromatic amines is 1. The van der Waals surface area contributed by atoms with Crippen LogP contribution < -0.4 is 28.2 Å². The van der Waals surface area contributed by atoms with E-state index in [0.29, 0.717) is 47.4 Å². The van der Waals surface area contributed by atoms with Crippen molar-refractivity contribution >= 4 is 28.6 Å². The minimum Gasteiger partial charge on any atom is -0.396 e. The first-order chi connectivity index (χ1) is 20.5. The number of nitrogens with two attached hydrogens (primary N) is 3. The van der Waals surface area contributed by atoms with Gasteiger partial charge in [-0.1, -0.05) is 23.7 Å². The molecule has 0 saturated carbocycles. The lowest BCUT2D eigenvalue weighted by Crippen LogP contribution is -2.28. The van der Waals surface area contributed by atoms with Gasteiger partial charge >= 0.3 is 5.69 Å². The maximum absolute atomic E-state index is 15.1. The standard InChI is InChI=1S/C31H40ClFN8O2/c1-18(34)4-3-5-20-14-25(28(33)26(32)15-20)27-16-22-17-41(31(43)40-29(22)39-27)24-8-6-21(7-9-24)19(2)37-12-10-23(11-13-42)38-30(35)36/h6-9,14-19,23,37,42H,3-5,10-13,34H2,1-2H3,(H4,35,36,38)(H,39,40,43)/t18-,19-,23+/m0/s1. The van der Waals surface area contributed by atoms with Crippen molar-refractivity contribution in [3.05, 3.63) is 81.1 Å². The molecule has 4 rings (SSSR count). The van der Waals surface area contributed by atoms with Crippen molar-refractivity contribution in [2.75, 3.05) is 13.2 Å². The Balaban J connectivity index is 1.50. The van der Waals surface area contributed by atoms with Gasteiger partial charge in [-0.15, -0.1) is 0 Å². The van der Waals surface area contributed by atoms with Crippen LogP contribution in [-0.4, -0.2) is 50.8 Å². The summed E-state index contributed by atoms with van der Waals surface area (Å²) in [7, 11) is 0. The molecule has 0 spiro atoms. The highest BCUT2D eigenvalue weighted by molar-refractivity contribution is 6.31. The predicted molar refractivity (Wildman–Crippen MR) is 171 cm³/mol. The molecule has 0 saturated heterocycles. The highest BCUT2D eigenvalue weighted by Gasteiger charge is 2.16. The second-order valence-electron chi connectivity index (χ2n) is 11.0. The molecule has 230 valence electrons. The summed E-state index contributed by atoms with van der Waals surface area (Å²) in [6.07, 6.45) is 5.31. The van der Waals surface area contributed by atoms with Crippen LogP contribution in [0.2, 0.25) is 5.02 Å². The number of fused-ring (bicyclic) bond motifs is 1. The third-order valence-electron chi connectivity index (χ3n) is 7.40. The van der Waals surface area contributed by atoms with E-state index in [0.717, 1.165) is 30.4 Å². The van der Waals surface area contributed by atoms with Gasteiger partial charge in [0.15, 0.2) is 11.8 Å². The fourth-order valence-electron chi connectivity index (χ4n) is 5.08. The van der Waals surface area contributed by atoms with E-state index in [9.17, 15) is 9.90 Å². The highest BCUT2D eigenvalue weighted by Crippen LogP contribution is 2.31. The Labute approximate surface area is 255 Å². The largest absolute Gasteiger partial charge is 0.396 e. The minimum atomic E-state index is -0.530. The average molecular weight is 611 g/mol. The van der Waals surface area contributed by atoms with Crippen molar-refractivity contribution in [3.63, 3.8) is 0 Å². The van der Waals surface area contributed by atoms with E-state index in [1.807, 2.05) is 38.1 Å². The van der Waals surface area contributed by atoms with Gasteiger partial charge in [-0.2, -0.15) is 4.98 Å². The van der Waals surface area contributed by atoms with Gasteiger partial charge in [0.2, 0.25) is 0 Å². The minimum absolute atomic E-state index is 0.00963. The summed E-state index contributed by atoms with van der Waals surface area (Å²) in [5.74, 6) is -0.520. The van der Waals surface area contributed by atoms with E-state index >= 15 is 4.39 Å². The summed E-state index contributed by atoms with van der Waals surface area (Å²) in [4.78, 5) is 24.4. The number of hydrogen-bond acceptors (Lipinski definition) is 6. The molecule has 0 fully saturated rings. The number of halogens is 2. The normalized spacial score (nSPS) is 13.6. The molecule has 0 radical (unpaired) electrons. The van der Waals surface area contributed by atoms with Crippen LogP contribution in [0.1, 0.15) is 56.7 Å². The molecular weight excluding hydrogens is 571 g/mol. The van der Waals surface area contributed by atoms with Crippen molar-refractivity contribution in [2.24, 2.45) is 22.2 Å². The number of H-pyrrole nitrogens is 1. The zero-order chi connectivity index (χ0) is 31.1. The number of aryl methyl sites for hydroxylation is 1. The summed E-state index contributed by atoms with van der Waals surface area (Å²) < 4.78 is 16.5. The van der Waals surface area contributed by atoms with Gasteiger partial charge in [0.05, 0.1) is 22.4 Å². The van der Waals surface area contributed by atoms with Crippen LogP contribution in [0.15, 0.2) is 58.4 Å². The number of rotatable bonds is 14. The van der Waals surface area contributed by atoms with Crippen molar-refractivity contribution < 1.29 is 9.50 Å². The number of aliphatic imine (C=N–C) groups is 1. The molecule has 3 atom stereocenters. The fourth-order valence-corrected chi connectivity index (χ4v) is 5.32. The monoisotopic (exact) mass is 610 g/mol. The van der Waals surface area contributed by atoms with E-state index < -0.39 is 11.5 Å². The highest BCUT2D eigenvalue weighted by atomic mass is 35.5. The van der Waals surface area contributed by atoms with Gasteiger partial charge in [-0.05, 0) is 94.0 Å². The lowest BCUT2D eigenvalue weighted by atomic mass is 10.0. The number of benzene rings is 2. The molecule has 43 heavy (non-hydrogen) atoms. The summed E-state index contributed by atoms with van der Waals surface area (Å²) >= 11 is 6.24. The average Bonchev–Trinajstić information content (AvgIpc) is 3.36. The van der Waals surface area contributed by atoms with Crippen LogP contribution in [0.5, 0.6) is 0 Å². The second kappa shape index (κ2) is 14.6. The Bertz CT molecular complexity index is 1610. The van der Waals surface area contributed by atoms with Crippen LogP contribution in [-0.2, 0) is 6.42 Å². The molecule has 2 aromatic heterocycles. The molecule has 0 amide bonds. The van der Waals surface area contributed by atoms with Gasteiger partial charge in [0, 0.05) is 35.8 Å². The van der Waals surface area contributed by atoms with Crippen LogP contribution in [0.3, 0.4) is 0 Å². The van der Waals surface area contributed by atoms with E-state index in [-0.39, 0.29) is 35.7 Å². The van der Waals surface area contributed by atoms with Crippen molar-refractivity contribution in [1.82, 2.24) is 19.9 Å². The first-order valence-corrected chi connectivity index (χ1v) is 14.8. The van der Waals surface area contributed by atoms with Crippen molar-refractivity contribution in [1.29, 1.82) is 0 Å². The summed E-state index contributed by atoms with van der Waals surface area (Å²) in [5, 5.41) is 13.4. The summed E-state index contributed by atoms with van der Waals surface area (Å²) in [5.41, 5.74) is 20.2. The lowest BCUT2D eigenvalue weighted by Gasteiger charge is -2.17. The maximum Gasteiger partial charge on any atom is 0.354 e. The number of aliphatic hydroxyl groups excluding tert-OH is 1. The molecule has 0 aliphatic heterocycles. The molecule has 0 bridgehead atoms. The Morgan fingerprint density at radius 2 is 1.91 bits per heavy atom.